The Bertz CT molecular complexity index is 1870. The molecule has 0 radical (unpaired) electrons. The molecule has 1 atom stereocenters. The molecule has 1 aliphatic rings. The third kappa shape index (κ3) is 7.71. The molecule has 2 N–H and O–H groups in total. The lowest BCUT2D eigenvalue weighted by Crippen LogP contribution is -2.48. The SMILES string of the molecule is CCOC(=O)Cc1ccc(NCCNC(=O)[C@@H]2Cc3ccccc3N2S(=O)(=O)c2ccc(-c3cc(C(F)(F)F)ccc3Cl)cc2)cc1. The number of nitrogens with zero attached hydrogens (tertiary/aromatic N) is 1. The molecule has 5 rings (SSSR count). The summed E-state index contributed by atoms with van der Waals surface area (Å²) in [5.41, 5.74) is 2.17. The van der Waals surface area contributed by atoms with Crippen LogP contribution in [0.3, 0.4) is 0 Å². The molecule has 13 heteroatoms. The highest BCUT2D eigenvalue weighted by Gasteiger charge is 2.42. The molecule has 0 spiro atoms. The minimum atomic E-state index is -4.57. The maximum absolute atomic E-state index is 14.0. The van der Waals surface area contributed by atoms with Gasteiger partial charge in [0, 0.05) is 35.8 Å². The summed E-state index contributed by atoms with van der Waals surface area (Å²) < 4.78 is 73.9. The average molecular weight is 686 g/mol. The standard InChI is InChI=1S/C34H31ClF3N3O5S/c1-2-46-32(42)19-22-7-12-26(13-8-22)39-17-18-40-33(43)31-20-24-5-3-4-6-30(24)41(31)47(44,45)27-14-9-23(10-15-27)28-21-25(34(36,37)38)11-16-29(28)35/h3-16,21,31,39H,2,17-20H2,1H3,(H,40,43)/t31-/m0/s1. The van der Waals surface area contributed by atoms with Gasteiger partial charge in [-0.15, -0.1) is 0 Å². The van der Waals surface area contributed by atoms with E-state index < -0.39 is 33.7 Å². The number of sulfonamides is 1. The summed E-state index contributed by atoms with van der Waals surface area (Å²) in [7, 11) is -4.27. The second-order valence-corrected chi connectivity index (χ2v) is 13.0. The third-order valence-corrected chi connectivity index (χ3v) is 9.77. The molecule has 0 saturated heterocycles. The second kappa shape index (κ2) is 14.1. The summed E-state index contributed by atoms with van der Waals surface area (Å²) in [5.74, 6) is -0.790. The molecule has 246 valence electrons. The average Bonchev–Trinajstić information content (AvgIpc) is 3.44. The Hall–Kier alpha value is -4.55. The Balaban J connectivity index is 1.28. The number of carbonyl (C=O) groups is 2. The number of anilines is 2. The van der Waals surface area contributed by atoms with Gasteiger partial charge in [0.2, 0.25) is 5.91 Å². The molecule has 0 saturated carbocycles. The number of rotatable bonds is 11. The number of hydrogen-bond acceptors (Lipinski definition) is 6. The number of benzene rings is 4. The van der Waals surface area contributed by atoms with E-state index >= 15 is 0 Å². The topological polar surface area (TPSA) is 105 Å². The van der Waals surface area contributed by atoms with Gasteiger partial charge in [-0.2, -0.15) is 13.2 Å². The monoisotopic (exact) mass is 685 g/mol. The normalized spacial score (nSPS) is 14.4. The highest BCUT2D eigenvalue weighted by Crippen LogP contribution is 2.39. The molecular formula is C34H31ClF3N3O5S. The molecule has 0 unspecified atom stereocenters. The van der Waals surface area contributed by atoms with Crippen molar-refractivity contribution in [1.29, 1.82) is 0 Å². The van der Waals surface area contributed by atoms with Crippen molar-refractivity contribution in [2.24, 2.45) is 0 Å². The quantitative estimate of drug-likeness (QED) is 0.138. The van der Waals surface area contributed by atoms with Crippen LogP contribution in [0, 0.1) is 0 Å². The number of hydrogen-bond donors (Lipinski definition) is 2. The fraction of sp³-hybridized carbons (Fsp3) is 0.235. The van der Waals surface area contributed by atoms with Crippen molar-refractivity contribution >= 4 is 44.9 Å². The molecule has 0 bridgehead atoms. The number of alkyl halides is 3. The van der Waals surface area contributed by atoms with Crippen LogP contribution in [-0.2, 0) is 43.4 Å². The summed E-state index contributed by atoms with van der Waals surface area (Å²) in [4.78, 5) is 25.0. The van der Waals surface area contributed by atoms with Crippen molar-refractivity contribution in [3.63, 3.8) is 0 Å². The molecule has 47 heavy (non-hydrogen) atoms. The van der Waals surface area contributed by atoms with E-state index in [0.29, 0.717) is 30.0 Å². The van der Waals surface area contributed by atoms with Crippen LogP contribution in [0.25, 0.3) is 11.1 Å². The summed E-state index contributed by atoms with van der Waals surface area (Å²) >= 11 is 6.19. The summed E-state index contributed by atoms with van der Waals surface area (Å²) in [6, 6.07) is 21.3. The van der Waals surface area contributed by atoms with E-state index in [1.807, 2.05) is 12.1 Å². The van der Waals surface area contributed by atoms with Crippen LogP contribution in [0.4, 0.5) is 24.5 Å². The van der Waals surface area contributed by atoms with E-state index in [2.05, 4.69) is 10.6 Å². The Morgan fingerprint density at radius 1 is 0.957 bits per heavy atom. The van der Waals surface area contributed by atoms with Gasteiger partial charge in [-0.3, -0.25) is 13.9 Å². The van der Waals surface area contributed by atoms with Crippen LogP contribution in [0.15, 0.2) is 95.9 Å². The zero-order valence-corrected chi connectivity index (χ0v) is 26.8. The Morgan fingerprint density at radius 2 is 1.66 bits per heavy atom. The molecule has 0 aromatic heterocycles. The number of para-hydroxylation sites is 1. The number of halogens is 4. The summed E-state index contributed by atoms with van der Waals surface area (Å²) in [5, 5.41) is 6.08. The molecule has 4 aromatic carbocycles. The highest BCUT2D eigenvalue weighted by atomic mass is 35.5. The maximum atomic E-state index is 14.0. The van der Waals surface area contributed by atoms with Crippen LogP contribution in [0.1, 0.15) is 23.6 Å². The number of esters is 1. The minimum Gasteiger partial charge on any atom is -0.466 e. The number of ether oxygens (including phenoxy) is 1. The first-order valence-electron chi connectivity index (χ1n) is 14.7. The van der Waals surface area contributed by atoms with E-state index in [9.17, 15) is 31.2 Å². The number of amides is 1. The van der Waals surface area contributed by atoms with Gasteiger partial charge < -0.3 is 15.4 Å². The fourth-order valence-electron chi connectivity index (χ4n) is 5.33. The Labute approximate surface area is 275 Å². The first kappa shape index (κ1) is 33.8. The van der Waals surface area contributed by atoms with Gasteiger partial charge in [-0.05, 0) is 72.1 Å². The van der Waals surface area contributed by atoms with Crippen molar-refractivity contribution in [3.05, 3.63) is 113 Å². The second-order valence-electron chi connectivity index (χ2n) is 10.8. The van der Waals surface area contributed by atoms with Crippen molar-refractivity contribution in [2.75, 3.05) is 29.3 Å². The van der Waals surface area contributed by atoms with Crippen LogP contribution >= 0.6 is 11.6 Å². The van der Waals surface area contributed by atoms with E-state index in [1.54, 1.807) is 43.3 Å². The lowest BCUT2D eigenvalue weighted by Gasteiger charge is -2.26. The van der Waals surface area contributed by atoms with Gasteiger partial charge in [0.15, 0.2) is 0 Å². The predicted octanol–water partition coefficient (Wildman–Crippen LogP) is 6.48. The maximum Gasteiger partial charge on any atom is 0.416 e. The zero-order valence-electron chi connectivity index (χ0n) is 25.2. The minimum absolute atomic E-state index is 0.0827. The molecule has 1 aliphatic heterocycles. The van der Waals surface area contributed by atoms with Gasteiger partial charge in [0.25, 0.3) is 10.0 Å². The number of carbonyl (C=O) groups excluding carboxylic acids is 2. The molecule has 1 heterocycles. The van der Waals surface area contributed by atoms with Gasteiger partial charge in [0.05, 0.1) is 29.2 Å². The first-order valence-corrected chi connectivity index (χ1v) is 16.6. The number of fused-ring (bicyclic) bond motifs is 1. The smallest absolute Gasteiger partial charge is 0.416 e. The zero-order chi connectivity index (χ0) is 33.8. The highest BCUT2D eigenvalue weighted by molar-refractivity contribution is 7.93. The van der Waals surface area contributed by atoms with Crippen LogP contribution in [0.5, 0.6) is 0 Å². The lowest BCUT2D eigenvalue weighted by molar-refractivity contribution is -0.142. The van der Waals surface area contributed by atoms with Crippen LogP contribution in [-0.4, -0.2) is 46.0 Å². The van der Waals surface area contributed by atoms with Crippen LogP contribution < -0.4 is 14.9 Å². The molecule has 8 nitrogen and oxygen atoms in total. The predicted molar refractivity (Wildman–Crippen MR) is 174 cm³/mol. The van der Waals surface area contributed by atoms with Gasteiger partial charge >= 0.3 is 12.1 Å². The largest absolute Gasteiger partial charge is 0.466 e. The third-order valence-electron chi connectivity index (χ3n) is 7.60. The summed E-state index contributed by atoms with van der Waals surface area (Å²) in [6.07, 6.45) is -4.24. The van der Waals surface area contributed by atoms with Gasteiger partial charge in [-0.25, -0.2) is 8.42 Å². The molecule has 0 fully saturated rings. The lowest BCUT2D eigenvalue weighted by atomic mass is 10.0. The molecule has 4 aromatic rings. The van der Waals surface area contributed by atoms with E-state index in [0.717, 1.165) is 33.8 Å². The fourth-order valence-corrected chi connectivity index (χ4v) is 7.20. The number of nitrogens with one attached hydrogen (secondary N) is 2. The van der Waals surface area contributed by atoms with Crippen molar-refractivity contribution < 1.29 is 35.9 Å². The van der Waals surface area contributed by atoms with Gasteiger partial charge in [-0.1, -0.05) is 54.1 Å². The van der Waals surface area contributed by atoms with Crippen molar-refractivity contribution in [3.8, 4) is 11.1 Å². The van der Waals surface area contributed by atoms with E-state index in [4.69, 9.17) is 16.3 Å². The Morgan fingerprint density at radius 3 is 2.34 bits per heavy atom. The summed E-state index contributed by atoms with van der Waals surface area (Å²) in [6.45, 7) is 2.62. The Kier molecular flexibility index (Phi) is 10.1. The van der Waals surface area contributed by atoms with E-state index in [1.165, 1.54) is 24.3 Å². The first-order chi connectivity index (χ1) is 22.4. The molecule has 1 amide bonds. The molecule has 0 aliphatic carbocycles. The van der Waals surface area contributed by atoms with Crippen molar-refractivity contribution in [1.82, 2.24) is 5.32 Å². The van der Waals surface area contributed by atoms with E-state index in [-0.39, 0.29) is 40.8 Å². The van der Waals surface area contributed by atoms with Crippen LogP contribution in [0.2, 0.25) is 5.02 Å². The van der Waals surface area contributed by atoms with Crippen molar-refractivity contribution in [2.45, 2.75) is 36.9 Å². The van der Waals surface area contributed by atoms with Gasteiger partial charge in [0.1, 0.15) is 6.04 Å². The molecular weight excluding hydrogens is 655 g/mol.